The number of benzene rings is 2. The van der Waals surface area contributed by atoms with Crippen molar-refractivity contribution in [1.29, 1.82) is 0 Å². The van der Waals surface area contributed by atoms with Crippen LogP contribution in [0.1, 0.15) is 23.2 Å². The van der Waals surface area contributed by atoms with Crippen molar-refractivity contribution in [1.82, 2.24) is 0 Å². The van der Waals surface area contributed by atoms with Crippen molar-refractivity contribution in [2.75, 3.05) is 26.2 Å². The lowest BCUT2D eigenvalue weighted by Crippen LogP contribution is -2.26. The Hall–Kier alpha value is -1.75. The first kappa shape index (κ1) is 19.6. The molecule has 0 fully saturated rings. The molecule has 0 saturated heterocycles. The molecule has 0 aliphatic carbocycles. The third-order valence-corrected chi connectivity index (χ3v) is 4.07. The molecule has 5 heteroatoms. The lowest BCUT2D eigenvalue weighted by molar-refractivity contribution is 0.0276. The fourth-order valence-electron chi connectivity index (χ4n) is 2.48. The Morgan fingerprint density at radius 1 is 1.12 bits per heavy atom. The minimum absolute atomic E-state index is 0.0874. The predicted molar refractivity (Wildman–Crippen MR) is 97.7 cm³/mol. The van der Waals surface area contributed by atoms with Crippen molar-refractivity contribution < 1.29 is 18.7 Å². The summed E-state index contributed by atoms with van der Waals surface area (Å²) in [6.45, 7) is 0.871. The van der Waals surface area contributed by atoms with Gasteiger partial charge in [0, 0.05) is 38.2 Å². The Labute approximate surface area is 152 Å². The van der Waals surface area contributed by atoms with E-state index >= 15 is 0 Å². The second-order valence-corrected chi connectivity index (χ2v) is 6.01. The highest BCUT2D eigenvalue weighted by molar-refractivity contribution is 6.17. The van der Waals surface area contributed by atoms with Gasteiger partial charge < -0.3 is 9.47 Å². The summed E-state index contributed by atoms with van der Waals surface area (Å²) >= 11 is 5.67. The highest BCUT2D eigenvalue weighted by Crippen LogP contribution is 2.22. The predicted octanol–water partition coefficient (Wildman–Crippen LogP) is 4.73. The van der Waals surface area contributed by atoms with Crippen LogP contribution in [0.25, 0.3) is 11.1 Å². The van der Waals surface area contributed by atoms with Gasteiger partial charge in [0.1, 0.15) is 11.9 Å². The molecule has 0 amide bonds. The minimum atomic E-state index is -0.563. The Balaban J connectivity index is 2.17. The van der Waals surface area contributed by atoms with E-state index < -0.39 is 6.10 Å². The molecule has 134 valence electrons. The van der Waals surface area contributed by atoms with E-state index in [0.29, 0.717) is 37.5 Å². The van der Waals surface area contributed by atoms with Gasteiger partial charge in [-0.1, -0.05) is 30.3 Å². The summed E-state index contributed by atoms with van der Waals surface area (Å²) in [5.74, 6) is 0.115. The van der Waals surface area contributed by atoms with Gasteiger partial charge in [-0.2, -0.15) is 0 Å². The maximum atomic E-state index is 13.1. The van der Waals surface area contributed by atoms with Crippen molar-refractivity contribution in [3.8, 4) is 11.1 Å². The van der Waals surface area contributed by atoms with Gasteiger partial charge in [-0.15, -0.1) is 11.6 Å². The van der Waals surface area contributed by atoms with Crippen molar-refractivity contribution >= 4 is 17.4 Å². The van der Waals surface area contributed by atoms with Gasteiger partial charge in [0.25, 0.3) is 0 Å². The fourth-order valence-corrected chi connectivity index (χ4v) is 2.58. The molecule has 0 radical (unpaired) electrons. The normalized spacial score (nSPS) is 12.1. The van der Waals surface area contributed by atoms with E-state index in [1.807, 2.05) is 12.1 Å². The molecule has 2 rings (SSSR count). The molecule has 1 unspecified atom stereocenters. The second-order valence-electron chi connectivity index (χ2n) is 5.64. The maximum absolute atomic E-state index is 13.1. The summed E-state index contributed by atoms with van der Waals surface area (Å²) in [4.78, 5) is 12.8. The van der Waals surface area contributed by atoms with Crippen LogP contribution < -0.4 is 0 Å². The van der Waals surface area contributed by atoms with Crippen molar-refractivity contribution in [3.05, 3.63) is 59.9 Å². The number of carbonyl (C=O) groups excluding carboxylic acids is 1. The average Bonchev–Trinajstić information content (AvgIpc) is 2.65. The van der Waals surface area contributed by atoms with Crippen molar-refractivity contribution in [2.45, 2.75) is 18.9 Å². The molecule has 0 spiro atoms. The number of methoxy groups -OCH3 is 1. The number of ketones is 1. The Morgan fingerprint density at radius 2 is 1.88 bits per heavy atom. The topological polar surface area (TPSA) is 35.5 Å². The maximum Gasteiger partial charge on any atom is 0.191 e. The molecular formula is C20H22ClFO3. The molecule has 25 heavy (non-hydrogen) atoms. The molecule has 0 heterocycles. The van der Waals surface area contributed by atoms with Gasteiger partial charge in [0.2, 0.25) is 0 Å². The Morgan fingerprint density at radius 3 is 2.56 bits per heavy atom. The highest BCUT2D eigenvalue weighted by atomic mass is 35.5. The molecule has 0 N–H and O–H groups in total. The van der Waals surface area contributed by atoms with E-state index in [2.05, 4.69) is 0 Å². The van der Waals surface area contributed by atoms with Crippen molar-refractivity contribution in [3.63, 3.8) is 0 Å². The van der Waals surface area contributed by atoms with Gasteiger partial charge in [0.05, 0.1) is 0 Å². The number of rotatable bonds is 10. The number of carbonyl (C=O) groups is 1. The Kier molecular flexibility index (Phi) is 8.06. The van der Waals surface area contributed by atoms with Crippen LogP contribution in [0.2, 0.25) is 0 Å². The van der Waals surface area contributed by atoms with E-state index in [-0.39, 0.29) is 11.6 Å². The van der Waals surface area contributed by atoms with Crippen LogP contribution in [-0.4, -0.2) is 38.1 Å². The summed E-state index contributed by atoms with van der Waals surface area (Å²) in [5.41, 5.74) is 2.28. The number of hydrogen-bond acceptors (Lipinski definition) is 3. The van der Waals surface area contributed by atoms with Crippen LogP contribution in [0.5, 0.6) is 0 Å². The van der Waals surface area contributed by atoms with Crippen LogP contribution >= 0.6 is 11.6 Å². The largest absolute Gasteiger partial charge is 0.385 e. The lowest BCUT2D eigenvalue weighted by Gasteiger charge is -2.17. The monoisotopic (exact) mass is 364 g/mol. The number of alkyl halides is 1. The summed E-state index contributed by atoms with van der Waals surface area (Å²) in [7, 11) is 1.59. The van der Waals surface area contributed by atoms with Crippen LogP contribution in [0, 0.1) is 5.82 Å². The van der Waals surface area contributed by atoms with E-state index in [0.717, 1.165) is 11.1 Å². The zero-order chi connectivity index (χ0) is 18.1. The molecule has 0 saturated carbocycles. The Bertz CT molecular complexity index is 673. The molecule has 0 aliphatic heterocycles. The summed E-state index contributed by atoms with van der Waals surface area (Å²) in [6.07, 6.45) is 0.610. The number of halogens is 2. The van der Waals surface area contributed by atoms with Gasteiger partial charge in [-0.25, -0.2) is 4.39 Å². The van der Waals surface area contributed by atoms with E-state index in [9.17, 15) is 9.18 Å². The molecule has 1 atom stereocenters. The first-order chi connectivity index (χ1) is 12.2. The molecule has 0 aliphatic rings. The van der Waals surface area contributed by atoms with E-state index in [1.165, 1.54) is 12.1 Å². The first-order valence-electron chi connectivity index (χ1n) is 8.22. The minimum Gasteiger partial charge on any atom is -0.385 e. The quantitative estimate of drug-likeness (QED) is 0.347. The first-order valence-corrected chi connectivity index (χ1v) is 8.76. The molecule has 0 aromatic heterocycles. The van der Waals surface area contributed by atoms with Crippen molar-refractivity contribution in [2.24, 2.45) is 0 Å². The number of Topliss-reactive ketones (excluding diaryl/α,β-unsaturated/α-hetero) is 1. The van der Waals surface area contributed by atoms with Gasteiger partial charge in [0.15, 0.2) is 5.78 Å². The van der Waals surface area contributed by atoms with Crippen LogP contribution in [0.3, 0.4) is 0 Å². The fraction of sp³-hybridized carbons (Fsp3) is 0.350. The third-order valence-electron chi connectivity index (χ3n) is 3.80. The van der Waals surface area contributed by atoms with E-state index in [4.69, 9.17) is 21.1 Å². The summed E-state index contributed by atoms with van der Waals surface area (Å²) in [5, 5.41) is 0. The standard InChI is InChI=1S/C20H22ClFO3/c1-24-13-10-19(25-12-3-11-21)20(23)17-5-2-4-16(14-17)15-6-8-18(22)9-7-15/h2,4-9,14,19H,3,10-13H2,1H3. The SMILES string of the molecule is COCCC(OCCCCl)C(=O)c1cccc(-c2ccc(F)cc2)c1. The average molecular weight is 365 g/mol. The van der Waals surface area contributed by atoms with Crippen LogP contribution in [0.15, 0.2) is 48.5 Å². The van der Waals surface area contributed by atoms with Crippen LogP contribution in [0.4, 0.5) is 4.39 Å². The summed E-state index contributed by atoms with van der Waals surface area (Å²) < 4.78 is 23.9. The van der Waals surface area contributed by atoms with Gasteiger partial charge >= 0.3 is 0 Å². The zero-order valence-electron chi connectivity index (χ0n) is 14.2. The molecular weight excluding hydrogens is 343 g/mol. The summed E-state index contributed by atoms with van der Waals surface area (Å²) in [6, 6.07) is 13.5. The molecule has 3 nitrogen and oxygen atoms in total. The van der Waals surface area contributed by atoms with Gasteiger partial charge in [-0.3, -0.25) is 4.79 Å². The van der Waals surface area contributed by atoms with Crippen LogP contribution in [-0.2, 0) is 9.47 Å². The third kappa shape index (κ3) is 5.92. The second kappa shape index (κ2) is 10.3. The lowest BCUT2D eigenvalue weighted by atomic mass is 9.98. The molecule has 2 aromatic rings. The van der Waals surface area contributed by atoms with E-state index in [1.54, 1.807) is 31.4 Å². The molecule has 0 bridgehead atoms. The number of hydrogen-bond donors (Lipinski definition) is 0. The molecule has 2 aromatic carbocycles. The highest BCUT2D eigenvalue weighted by Gasteiger charge is 2.21. The van der Waals surface area contributed by atoms with Gasteiger partial charge in [-0.05, 0) is 35.7 Å². The zero-order valence-corrected chi connectivity index (χ0v) is 15.0. The number of ether oxygens (including phenoxy) is 2. The smallest absolute Gasteiger partial charge is 0.191 e.